The van der Waals surface area contributed by atoms with Gasteiger partial charge in [0.1, 0.15) is 0 Å². The molecule has 0 spiro atoms. The van der Waals surface area contributed by atoms with E-state index in [-0.39, 0.29) is 17.9 Å². The second-order valence-electron chi connectivity index (χ2n) is 3.65. The van der Waals surface area contributed by atoms with Crippen LogP contribution in [0.15, 0.2) is 22.9 Å². The monoisotopic (exact) mass is 285 g/mol. The van der Waals surface area contributed by atoms with Crippen LogP contribution in [0.25, 0.3) is 0 Å². The van der Waals surface area contributed by atoms with Crippen LogP contribution in [-0.2, 0) is 9.53 Å². The minimum Gasteiger partial charge on any atom is -0.379 e. The van der Waals surface area contributed by atoms with Crippen molar-refractivity contribution < 1.29 is 9.53 Å². The second-order valence-corrected chi connectivity index (χ2v) is 4.51. The zero-order chi connectivity index (χ0) is 11.5. The third kappa shape index (κ3) is 2.40. The molecule has 16 heavy (non-hydrogen) atoms. The SMILES string of the molecule is NC1COCC1C(=O)Nc1ccncc1Br. The van der Waals surface area contributed by atoms with Crippen LogP contribution in [0.1, 0.15) is 0 Å². The van der Waals surface area contributed by atoms with E-state index in [4.69, 9.17) is 10.5 Å². The third-order valence-corrected chi connectivity index (χ3v) is 3.12. The van der Waals surface area contributed by atoms with E-state index in [0.29, 0.717) is 18.9 Å². The summed E-state index contributed by atoms with van der Waals surface area (Å²) in [5, 5.41) is 2.80. The van der Waals surface area contributed by atoms with E-state index in [9.17, 15) is 4.79 Å². The first-order valence-corrected chi connectivity index (χ1v) is 5.71. The normalized spacial score (nSPS) is 24.4. The Morgan fingerprint density at radius 3 is 3.06 bits per heavy atom. The van der Waals surface area contributed by atoms with Gasteiger partial charge in [-0.3, -0.25) is 9.78 Å². The minimum atomic E-state index is -0.278. The number of nitrogens with zero attached hydrogens (tertiary/aromatic N) is 1. The first-order chi connectivity index (χ1) is 7.68. The number of rotatable bonds is 2. The summed E-state index contributed by atoms with van der Waals surface area (Å²) >= 11 is 3.31. The number of hydrogen-bond acceptors (Lipinski definition) is 4. The molecule has 86 valence electrons. The van der Waals surface area contributed by atoms with E-state index in [1.807, 2.05) is 0 Å². The number of hydrogen-bond donors (Lipinski definition) is 2. The number of carbonyl (C=O) groups excluding carboxylic acids is 1. The van der Waals surface area contributed by atoms with E-state index < -0.39 is 0 Å². The summed E-state index contributed by atoms with van der Waals surface area (Å²) in [6.45, 7) is 0.825. The zero-order valence-electron chi connectivity index (χ0n) is 8.52. The lowest BCUT2D eigenvalue weighted by Crippen LogP contribution is -2.37. The highest BCUT2D eigenvalue weighted by atomic mass is 79.9. The van der Waals surface area contributed by atoms with Crippen LogP contribution in [0.2, 0.25) is 0 Å². The average Bonchev–Trinajstić information content (AvgIpc) is 2.68. The van der Waals surface area contributed by atoms with Gasteiger partial charge in [0.15, 0.2) is 0 Å². The van der Waals surface area contributed by atoms with Crippen LogP contribution in [-0.4, -0.2) is 30.1 Å². The highest BCUT2D eigenvalue weighted by molar-refractivity contribution is 9.10. The molecule has 5 nitrogen and oxygen atoms in total. The topological polar surface area (TPSA) is 77.2 Å². The highest BCUT2D eigenvalue weighted by Gasteiger charge is 2.31. The van der Waals surface area contributed by atoms with Crippen LogP contribution in [0.5, 0.6) is 0 Å². The van der Waals surface area contributed by atoms with Crippen molar-refractivity contribution in [3.8, 4) is 0 Å². The highest BCUT2D eigenvalue weighted by Crippen LogP contribution is 2.22. The van der Waals surface area contributed by atoms with Crippen molar-refractivity contribution in [3.63, 3.8) is 0 Å². The quantitative estimate of drug-likeness (QED) is 0.841. The van der Waals surface area contributed by atoms with Crippen molar-refractivity contribution in [1.82, 2.24) is 4.98 Å². The maximum absolute atomic E-state index is 11.9. The lowest BCUT2D eigenvalue weighted by atomic mass is 10.0. The van der Waals surface area contributed by atoms with Gasteiger partial charge in [0.2, 0.25) is 5.91 Å². The Morgan fingerprint density at radius 2 is 2.44 bits per heavy atom. The summed E-state index contributed by atoms with van der Waals surface area (Å²) in [4.78, 5) is 15.8. The van der Waals surface area contributed by atoms with Crippen molar-refractivity contribution in [1.29, 1.82) is 0 Å². The fourth-order valence-electron chi connectivity index (χ4n) is 1.54. The van der Waals surface area contributed by atoms with Gasteiger partial charge in [-0.25, -0.2) is 0 Å². The van der Waals surface area contributed by atoms with Gasteiger partial charge in [0, 0.05) is 18.4 Å². The van der Waals surface area contributed by atoms with Gasteiger partial charge >= 0.3 is 0 Å². The number of nitrogens with two attached hydrogens (primary N) is 1. The molecule has 1 saturated heterocycles. The lowest BCUT2D eigenvalue weighted by Gasteiger charge is -2.13. The van der Waals surface area contributed by atoms with E-state index >= 15 is 0 Å². The fourth-order valence-corrected chi connectivity index (χ4v) is 1.89. The second kappa shape index (κ2) is 4.90. The Hall–Kier alpha value is -0.980. The van der Waals surface area contributed by atoms with E-state index in [2.05, 4.69) is 26.2 Å². The summed E-state index contributed by atoms with van der Waals surface area (Å²) in [6, 6.07) is 1.50. The lowest BCUT2D eigenvalue weighted by molar-refractivity contribution is -0.120. The predicted octanol–water partition coefficient (Wildman–Crippen LogP) is 0.756. The summed E-state index contributed by atoms with van der Waals surface area (Å²) in [6.07, 6.45) is 3.24. The number of nitrogens with one attached hydrogen (secondary N) is 1. The molecule has 2 atom stereocenters. The van der Waals surface area contributed by atoms with Gasteiger partial charge in [-0.1, -0.05) is 0 Å². The van der Waals surface area contributed by atoms with Crippen LogP contribution < -0.4 is 11.1 Å². The zero-order valence-corrected chi connectivity index (χ0v) is 10.1. The van der Waals surface area contributed by atoms with Crippen molar-refractivity contribution in [2.24, 2.45) is 11.7 Å². The maximum atomic E-state index is 11.9. The molecule has 1 aromatic heterocycles. The maximum Gasteiger partial charge on any atom is 0.231 e. The number of pyridine rings is 1. The van der Waals surface area contributed by atoms with Gasteiger partial charge in [0.25, 0.3) is 0 Å². The molecule has 1 aliphatic rings. The van der Waals surface area contributed by atoms with E-state index in [0.717, 1.165) is 4.47 Å². The molecule has 2 heterocycles. The number of anilines is 1. The Kier molecular flexibility index (Phi) is 3.52. The van der Waals surface area contributed by atoms with Crippen LogP contribution >= 0.6 is 15.9 Å². The summed E-state index contributed by atoms with van der Waals surface area (Å²) in [5.41, 5.74) is 6.46. The predicted molar refractivity (Wildman–Crippen MR) is 62.9 cm³/mol. The number of amides is 1. The average molecular weight is 286 g/mol. The summed E-state index contributed by atoms with van der Waals surface area (Å²) in [7, 11) is 0. The Bertz CT molecular complexity index is 399. The fraction of sp³-hybridized carbons (Fsp3) is 0.400. The standard InChI is InChI=1S/C10H12BrN3O2/c11-7-3-13-2-1-9(7)14-10(15)6-4-16-5-8(6)12/h1-3,6,8H,4-5,12H2,(H,13,14,15). The van der Waals surface area contributed by atoms with Crippen molar-refractivity contribution in [2.75, 3.05) is 18.5 Å². The number of carbonyl (C=O) groups is 1. The van der Waals surface area contributed by atoms with Crippen LogP contribution in [0.3, 0.4) is 0 Å². The largest absolute Gasteiger partial charge is 0.379 e. The van der Waals surface area contributed by atoms with E-state index in [1.165, 1.54) is 0 Å². The summed E-state index contributed by atoms with van der Waals surface area (Å²) < 4.78 is 5.89. The van der Waals surface area contributed by atoms with Gasteiger partial charge in [0.05, 0.1) is 29.3 Å². The van der Waals surface area contributed by atoms with E-state index in [1.54, 1.807) is 18.5 Å². The molecule has 0 aromatic carbocycles. The van der Waals surface area contributed by atoms with Gasteiger partial charge in [-0.15, -0.1) is 0 Å². The van der Waals surface area contributed by atoms with Crippen molar-refractivity contribution in [3.05, 3.63) is 22.9 Å². The number of aromatic nitrogens is 1. The van der Waals surface area contributed by atoms with Gasteiger partial charge in [-0.05, 0) is 22.0 Å². The number of halogens is 1. The Labute approximate surface area is 102 Å². The minimum absolute atomic E-state index is 0.114. The smallest absolute Gasteiger partial charge is 0.231 e. The van der Waals surface area contributed by atoms with Gasteiger partial charge < -0.3 is 15.8 Å². The first kappa shape index (κ1) is 11.5. The molecule has 1 fully saturated rings. The molecule has 1 amide bonds. The molecule has 6 heteroatoms. The molecule has 0 aliphatic carbocycles. The molecule has 0 saturated carbocycles. The van der Waals surface area contributed by atoms with Crippen molar-refractivity contribution >= 4 is 27.5 Å². The molecule has 2 rings (SSSR count). The molecule has 3 N–H and O–H groups in total. The summed E-state index contributed by atoms with van der Waals surface area (Å²) in [5.74, 6) is -0.392. The molecule has 1 aromatic rings. The molecule has 0 bridgehead atoms. The van der Waals surface area contributed by atoms with Crippen LogP contribution in [0.4, 0.5) is 5.69 Å². The molecular weight excluding hydrogens is 274 g/mol. The molecular formula is C10H12BrN3O2. The third-order valence-electron chi connectivity index (χ3n) is 2.49. The van der Waals surface area contributed by atoms with Crippen LogP contribution in [0, 0.1) is 5.92 Å². The molecule has 0 radical (unpaired) electrons. The Morgan fingerprint density at radius 1 is 1.62 bits per heavy atom. The molecule has 2 unspecified atom stereocenters. The van der Waals surface area contributed by atoms with Crippen molar-refractivity contribution in [2.45, 2.75) is 6.04 Å². The molecule has 1 aliphatic heterocycles. The van der Waals surface area contributed by atoms with Gasteiger partial charge in [-0.2, -0.15) is 0 Å². The first-order valence-electron chi connectivity index (χ1n) is 4.92. The Balaban J connectivity index is 2.05. The number of ether oxygens (including phenoxy) is 1.